The number of aryl methyl sites for hydroxylation is 1. The number of nitrogen functional groups attached to an aromatic ring is 1. The van der Waals surface area contributed by atoms with E-state index in [4.69, 9.17) is 10.5 Å². The van der Waals surface area contributed by atoms with Crippen molar-refractivity contribution in [2.45, 2.75) is 52.4 Å². The van der Waals surface area contributed by atoms with Gasteiger partial charge in [0.05, 0.1) is 12.2 Å². The fraction of sp³-hybridized carbons (Fsp3) is 0.562. The molecule has 0 unspecified atom stereocenters. The summed E-state index contributed by atoms with van der Waals surface area (Å²) in [5.74, 6) is -0.310. The van der Waals surface area contributed by atoms with Crippen molar-refractivity contribution in [1.82, 2.24) is 0 Å². The Labute approximate surface area is 116 Å². The van der Waals surface area contributed by atoms with Crippen LogP contribution in [0.1, 0.15) is 61.4 Å². The van der Waals surface area contributed by atoms with Crippen LogP contribution in [0.3, 0.4) is 0 Å². The van der Waals surface area contributed by atoms with E-state index in [1.807, 2.05) is 19.1 Å². The number of para-hydroxylation sites is 1. The summed E-state index contributed by atoms with van der Waals surface area (Å²) < 4.78 is 5.25. The largest absolute Gasteiger partial charge is 0.462 e. The molecule has 19 heavy (non-hydrogen) atoms. The van der Waals surface area contributed by atoms with Crippen LogP contribution >= 0.6 is 0 Å². The van der Waals surface area contributed by atoms with Crippen molar-refractivity contribution in [1.29, 1.82) is 0 Å². The van der Waals surface area contributed by atoms with E-state index < -0.39 is 0 Å². The van der Waals surface area contributed by atoms with Crippen LogP contribution in [0.25, 0.3) is 0 Å². The number of unbranched alkanes of at least 4 members (excludes halogenated alkanes) is 5. The number of benzene rings is 1. The van der Waals surface area contributed by atoms with Gasteiger partial charge in [-0.15, -0.1) is 0 Å². The van der Waals surface area contributed by atoms with Crippen LogP contribution in [0.2, 0.25) is 0 Å². The summed E-state index contributed by atoms with van der Waals surface area (Å²) in [5, 5.41) is 0. The van der Waals surface area contributed by atoms with Crippen LogP contribution in [0.15, 0.2) is 18.2 Å². The molecule has 3 heteroatoms. The number of carbonyl (C=O) groups excluding carboxylic acids is 1. The molecule has 1 aromatic carbocycles. The summed E-state index contributed by atoms with van der Waals surface area (Å²) in [4.78, 5) is 11.9. The topological polar surface area (TPSA) is 52.3 Å². The molecule has 1 aromatic rings. The van der Waals surface area contributed by atoms with E-state index in [1.165, 1.54) is 25.7 Å². The normalized spacial score (nSPS) is 10.4. The second kappa shape index (κ2) is 8.57. The van der Waals surface area contributed by atoms with Crippen molar-refractivity contribution in [3.05, 3.63) is 29.3 Å². The quantitative estimate of drug-likeness (QED) is 0.436. The van der Waals surface area contributed by atoms with Gasteiger partial charge in [0, 0.05) is 5.69 Å². The second-order valence-electron chi connectivity index (χ2n) is 4.94. The van der Waals surface area contributed by atoms with Crippen LogP contribution < -0.4 is 5.73 Å². The first kappa shape index (κ1) is 15.5. The molecular weight excluding hydrogens is 238 g/mol. The molecule has 0 saturated carbocycles. The lowest BCUT2D eigenvalue weighted by molar-refractivity contribution is 0.0499. The zero-order chi connectivity index (χ0) is 14.1. The second-order valence-corrected chi connectivity index (χ2v) is 4.94. The predicted octanol–water partition coefficient (Wildman–Crippen LogP) is 4.09. The fourth-order valence-electron chi connectivity index (χ4n) is 1.98. The maximum Gasteiger partial charge on any atom is 0.340 e. The van der Waals surface area contributed by atoms with Crippen LogP contribution in [-0.2, 0) is 4.74 Å². The lowest BCUT2D eigenvalue weighted by atomic mass is 10.1. The molecule has 0 spiro atoms. The van der Waals surface area contributed by atoms with Gasteiger partial charge in [-0.05, 0) is 25.0 Å². The minimum Gasteiger partial charge on any atom is -0.462 e. The third-order valence-corrected chi connectivity index (χ3v) is 3.28. The Morgan fingerprint density at radius 3 is 2.58 bits per heavy atom. The summed E-state index contributed by atoms with van der Waals surface area (Å²) in [5.41, 5.74) is 7.78. The van der Waals surface area contributed by atoms with Crippen LogP contribution in [0.4, 0.5) is 5.69 Å². The Kier molecular flexibility index (Phi) is 7.01. The highest BCUT2D eigenvalue weighted by Gasteiger charge is 2.11. The highest BCUT2D eigenvalue weighted by Crippen LogP contribution is 2.17. The van der Waals surface area contributed by atoms with E-state index in [1.54, 1.807) is 6.07 Å². The summed E-state index contributed by atoms with van der Waals surface area (Å²) in [6, 6.07) is 5.43. The third kappa shape index (κ3) is 5.33. The SMILES string of the molecule is CCCCCCCCOC(=O)c1cccc(C)c1N. The summed E-state index contributed by atoms with van der Waals surface area (Å²) in [6.45, 7) is 4.58. The average molecular weight is 263 g/mol. The zero-order valence-electron chi connectivity index (χ0n) is 12.1. The fourth-order valence-corrected chi connectivity index (χ4v) is 1.98. The first-order chi connectivity index (χ1) is 9.16. The Morgan fingerprint density at radius 2 is 1.84 bits per heavy atom. The van der Waals surface area contributed by atoms with E-state index in [9.17, 15) is 4.79 Å². The number of hydrogen-bond donors (Lipinski definition) is 1. The molecule has 0 aliphatic heterocycles. The summed E-state index contributed by atoms with van der Waals surface area (Å²) >= 11 is 0. The number of anilines is 1. The molecule has 0 amide bonds. The number of ether oxygens (including phenoxy) is 1. The van der Waals surface area contributed by atoms with Gasteiger partial charge in [-0.1, -0.05) is 51.2 Å². The molecule has 0 saturated heterocycles. The standard InChI is InChI=1S/C16H25NO2/c1-3-4-5-6-7-8-12-19-16(18)14-11-9-10-13(2)15(14)17/h9-11H,3-8,12,17H2,1-2H3. The van der Waals surface area contributed by atoms with Gasteiger partial charge in [0.15, 0.2) is 0 Å². The molecule has 2 N–H and O–H groups in total. The van der Waals surface area contributed by atoms with E-state index in [0.717, 1.165) is 18.4 Å². The van der Waals surface area contributed by atoms with Crippen molar-refractivity contribution >= 4 is 11.7 Å². The molecule has 1 rings (SSSR count). The maximum absolute atomic E-state index is 11.9. The lowest BCUT2D eigenvalue weighted by Gasteiger charge is -2.08. The monoisotopic (exact) mass is 263 g/mol. The predicted molar refractivity (Wildman–Crippen MR) is 79.2 cm³/mol. The maximum atomic E-state index is 11.9. The van der Waals surface area contributed by atoms with Gasteiger partial charge in [-0.25, -0.2) is 4.79 Å². The van der Waals surface area contributed by atoms with Crippen molar-refractivity contribution < 1.29 is 9.53 Å². The average Bonchev–Trinajstić information content (AvgIpc) is 2.40. The van der Waals surface area contributed by atoms with Crippen LogP contribution in [0.5, 0.6) is 0 Å². The van der Waals surface area contributed by atoms with Gasteiger partial charge >= 0.3 is 5.97 Å². The Morgan fingerprint density at radius 1 is 1.16 bits per heavy atom. The molecule has 3 nitrogen and oxygen atoms in total. The van der Waals surface area contributed by atoms with Gasteiger partial charge in [-0.2, -0.15) is 0 Å². The molecule has 0 aromatic heterocycles. The molecule has 0 bridgehead atoms. The molecule has 0 heterocycles. The van der Waals surface area contributed by atoms with Gasteiger partial charge < -0.3 is 10.5 Å². The molecule has 0 atom stereocenters. The number of esters is 1. The molecule has 0 fully saturated rings. The van der Waals surface area contributed by atoms with Crippen LogP contribution in [0, 0.1) is 6.92 Å². The third-order valence-electron chi connectivity index (χ3n) is 3.28. The minimum absolute atomic E-state index is 0.310. The van der Waals surface area contributed by atoms with Gasteiger partial charge in [0.25, 0.3) is 0 Å². The number of nitrogens with two attached hydrogens (primary N) is 1. The highest BCUT2D eigenvalue weighted by molar-refractivity contribution is 5.95. The van der Waals surface area contributed by atoms with Crippen molar-refractivity contribution in [2.24, 2.45) is 0 Å². The summed E-state index contributed by atoms with van der Waals surface area (Å²) in [6.07, 6.45) is 7.09. The molecule has 0 aliphatic carbocycles. The van der Waals surface area contributed by atoms with Crippen LogP contribution in [-0.4, -0.2) is 12.6 Å². The number of rotatable bonds is 8. The summed E-state index contributed by atoms with van der Waals surface area (Å²) in [7, 11) is 0. The molecule has 0 aliphatic rings. The first-order valence-corrected chi connectivity index (χ1v) is 7.19. The molecule has 0 radical (unpaired) electrons. The number of hydrogen-bond acceptors (Lipinski definition) is 3. The van der Waals surface area contributed by atoms with Gasteiger partial charge in [0.1, 0.15) is 0 Å². The van der Waals surface area contributed by atoms with E-state index in [2.05, 4.69) is 6.92 Å². The molecule has 106 valence electrons. The van der Waals surface area contributed by atoms with E-state index >= 15 is 0 Å². The molecular formula is C16H25NO2. The number of carbonyl (C=O) groups is 1. The Balaban J connectivity index is 2.26. The Bertz CT molecular complexity index is 402. The van der Waals surface area contributed by atoms with Crippen molar-refractivity contribution in [3.8, 4) is 0 Å². The van der Waals surface area contributed by atoms with E-state index in [0.29, 0.717) is 17.9 Å². The van der Waals surface area contributed by atoms with Gasteiger partial charge in [-0.3, -0.25) is 0 Å². The first-order valence-electron chi connectivity index (χ1n) is 7.19. The lowest BCUT2D eigenvalue weighted by Crippen LogP contribution is -2.10. The van der Waals surface area contributed by atoms with E-state index in [-0.39, 0.29) is 5.97 Å². The van der Waals surface area contributed by atoms with Crippen molar-refractivity contribution in [2.75, 3.05) is 12.3 Å². The highest BCUT2D eigenvalue weighted by atomic mass is 16.5. The Hall–Kier alpha value is -1.51. The zero-order valence-corrected chi connectivity index (χ0v) is 12.1. The van der Waals surface area contributed by atoms with Crippen molar-refractivity contribution in [3.63, 3.8) is 0 Å². The smallest absolute Gasteiger partial charge is 0.340 e. The van der Waals surface area contributed by atoms with Gasteiger partial charge in [0.2, 0.25) is 0 Å². The minimum atomic E-state index is -0.310.